The molecule has 0 saturated heterocycles. The summed E-state index contributed by atoms with van der Waals surface area (Å²) in [6.07, 6.45) is 0. The van der Waals surface area contributed by atoms with Crippen molar-refractivity contribution in [3.8, 4) is 0 Å². The molecule has 0 radical (unpaired) electrons. The SMILES string of the molecule is Cc1nc(C)c(C(=O)NC(C)(C)c2ccc(F)cc2Cl)s1. The van der Waals surface area contributed by atoms with Crippen LogP contribution in [0.2, 0.25) is 5.02 Å². The second-order valence-corrected chi connectivity index (χ2v) is 6.96. The lowest BCUT2D eigenvalue weighted by Crippen LogP contribution is -2.41. The van der Waals surface area contributed by atoms with Crippen LogP contribution in [0.1, 0.15) is 39.8 Å². The third-order valence-electron chi connectivity index (χ3n) is 3.14. The highest BCUT2D eigenvalue weighted by Gasteiger charge is 2.27. The number of halogens is 2. The van der Waals surface area contributed by atoms with Crippen LogP contribution in [0.4, 0.5) is 4.39 Å². The fourth-order valence-electron chi connectivity index (χ4n) is 2.15. The molecule has 0 spiro atoms. The first-order valence-corrected chi connectivity index (χ1v) is 7.62. The van der Waals surface area contributed by atoms with Crippen molar-refractivity contribution in [2.75, 3.05) is 0 Å². The minimum absolute atomic E-state index is 0.205. The Bertz CT molecular complexity index is 697. The van der Waals surface area contributed by atoms with Crippen LogP contribution in [0, 0.1) is 19.7 Å². The molecule has 1 aromatic carbocycles. The number of rotatable bonds is 3. The van der Waals surface area contributed by atoms with Crippen LogP contribution >= 0.6 is 22.9 Å². The van der Waals surface area contributed by atoms with E-state index in [0.717, 1.165) is 5.01 Å². The normalized spacial score (nSPS) is 11.5. The topological polar surface area (TPSA) is 42.0 Å². The number of amides is 1. The van der Waals surface area contributed by atoms with Gasteiger partial charge in [0.25, 0.3) is 5.91 Å². The molecule has 1 N–H and O–H groups in total. The fourth-order valence-corrected chi connectivity index (χ4v) is 3.36. The van der Waals surface area contributed by atoms with Gasteiger partial charge in [0.15, 0.2) is 0 Å². The van der Waals surface area contributed by atoms with E-state index >= 15 is 0 Å². The molecule has 0 aliphatic rings. The summed E-state index contributed by atoms with van der Waals surface area (Å²) in [5, 5.41) is 4.06. The Kier molecular flexibility index (Phi) is 4.35. The van der Waals surface area contributed by atoms with Crippen LogP contribution in [-0.4, -0.2) is 10.9 Å². The molecule has 0 fully saturated rings. The van der Waals surface area contributed by atoms with Crippen molar-refractivity contribution in [1.29, 1.82) is 0 Å². The van der Waals surface area contributed by atoms with E-state index in [2.05, 4.69) is 10.3 Å². The van der Waals surface area contributed by atoms with Crippen LogP contribution in [0.25, 0.3) is 0 Å². The van der Waals surface area contributed by atoms with Gasteiger partial charge in [0, 0.05) is 5.02 Å². The van der Waals surface area contributed by atoms with Crippen molar-refractivity contribution in [2.45, 2.75) is 33.2 Å². The molecular weight excluding hydrogens is 311 g/mol. The highest BCUT2D eigenvalue weighted by Crippen LogP contribution is 2.29. The molecule has 3 nitrogen and oxygen atoms in total. The second-order valence-electron chi connectivity index (χ2n) is 5.35. The molecule has 1 aromatic heterocycles. The molecule has 0 aliphatic heterocycles. The Morgan fingerprint density at radius 1 is 1.38 bits per heavy atom. The standard InChI is InChI=1S/C15H16ClFN2OS/c1-8-13(21-9(2)18-8)14(20)19-15(3,4)11-6-5-10(17)7-12(11)16/h5-7H,1-4H3,(H,19,20). The molecular formula is C15H16ClFN2OS. The number of benzene rings is 1. The number of thiazole rings is 1. The van der Waals surface area contributed by atoms with E-state index in [9.17, 15) is 9.18 Å². The first-order chi connectivity index (χ1) is 9.70. The van der Waals surface area contributed by atoms with Crippen LogP contribution in [0.15, 0.2) is 18.2 Å². The zero-order valence-electron chi connectivity index (χ0n) is 12.3. The number of hydrogen-bond donors (Lipinski definition) is 1. The van der Waals surface area contributed by atoms with Crippen molar-refractivity contribution >= 4 is 28.8 Å². The van der Waals surface area contributed by atoms with E-state index in [4.69, 9.17) is 11.6 Å². The first kappa shape index (κ1) is 15.9. The van der Waals surface area contributed by atoms with Crippen LogP contribution in [-0.2, 0) is 5.54 Å². The summed E-state index contributed by atoms with van der Waals surface area (Å²) in [5.74, 6) is -0.608. The summed E-state index contributed by atoms with van der Waals surface area (Å²) in [7, 11) is 0. The molecule has 0 saturated carbocycles. The monoisotopic (exact) mass is 326 g/mol. The van der Waals surface area contributed by atoms with E-state index < -0.39 is 11.4 Å². The van der Waals surface area contributed by atoms with Crippen molar-refractivity contribution < 1.29 is 9.18 Å². The molecule has 2 rings (SSSR count). The lowest BCUT2D eigenvalue weighted by Gasteiger charge is -2.27. The zero-order chi connectivity index (χ0) is 15.8. The predicted molar refractivity (Wildman–Crippen MR) is 83.5 cm³/mol. The Labute approximate surface area is 132 Å². The molecule has 1 heterocycles. The van der Waals surface area contributed by atoms with Gasteiger partial charge in [-0.25, -0.2) is 9.37 Å². The third-order valence-corrected chi connectivity index (χ3v) is 4.52. The molecule has 0 unspecified atom stereocenters. The minimum atomic E-state index is -0.716. The van der Waals surface area contributed by atoms with Crippen molar-refractivity contribution in [1.82, 2.24) is 10.3 Å². The van der Waals surface area contributed by atoms with Gasteiger partial charge in [-0.15, -0.1) is 11.3 Å². The zero-order valence-corrected chi connectivity index (χ0v) is 13.8. The predicted octanol–water partition coefficient (Wildman–Crippen LogP) is 4.22. The molecule has 0 aliphatic carbocycles. The quantitative estimate of drug-likeness (QED) is 0.917. The van der Waals surface area contributed by atoms with E-state index in [1.165, 1.54) is 23.5 Å². The second kappa shape index (κ2) is 5.73. The summed E-state index contributed by atoms with van der Waals surface area (Å²) in [6, 6.07) is 4.16. The number of aryl methyl sites for hydroxylation is 2. The maximum absolute atomic E-state index is 13.1. The number of hydrogen-bond acceptors (Lipinski definition) is 3. The van der Waals surface area contributed by atoms with E-state index in [-0.39, 0.29) is 10.9 Å². The fraction of sp³-hybridized carbons (Fsp3) is 0.333. The molecule has 0 bridgehead atoms. The summed E-state index contributed by atoms with van der Waals surface area (Å²) >= 11 is 7.43. The smallest absolute Gasteiger partial charge is 0.263 e. The number of nitrogens with zero attached hydrogens (tertiary/aromatic N) is 1. The summed E-state index contributed by atoms with van der Waals surface area (Å²) < 4.78 is 13.1. The number of carbonyl (C=O) groups is 1. The first-order valence-electron chi connectivity index (χ1n) is 6.43. The summed E-state index contributed by atoms with van der Waals surface area (Å²) in [5.41, 5.74) is 0.653. The van der Waals surface area contributed by atoms with Gasteiger partial charge >= 0.3 is 0 Å². The molecule has 21 heavy (non-hydrogen) atoms. The van der Waals surface area contributed by atoms with E-state index in [0.29, 0.717) is 16.1 Å². The van der Waals surface area contributed by atoms with Crippen LogP contribution in [0.3, 0.4) is 0 Å². The molecule has 0 atom stereocenters. The molecule has 1 amide bonds. The van der Waals surface area contributed by atoms with Gasteiger partial charge in [-0.3, -0.25) is 4.79 Å². The van der Waals surface area contributed by atoms with Gasteiger partial charge in [0.1, 0.15) is 10.7 Å². The maximum atomic E-state index is 13.1. The van der Waals surface area contributed by atoms with Gasteiger partial charge in [-0.2, -0.15) is 0 Å². The Morgan fingerprint density at radius 3 is 2.57 bits per heavy atom. The van der Waals surface area contributed by atoms with Crippen molar-refractivity contribution in [2.24, 2.45) is 0 Å². The molecule has 2 aromatic rings. The number of nitrogens with one attached hydrogen (secondary N) is 1. The van der Waals surface area contributed by atoms with Gasteiger partial charge in [-0.1, -0.05) is 17.7 Å². The minimum Gasteiger partial charge on any atom is -0.342 e. The Balaban J connectivity index is 2.28. The van der Waals surface area contributed by atoms with Crippen molar-refractivity contribution in [3.05, 3.63) is 50.2 Å². The third kappa shape index (κ3) is 3.41. The maximum Gasteiger partial charge on any atom is 0.263 e. The average Bonchev–Trinajstić information content (AvgIpc) is 2.67. The average molecular weight is 327 g/mol. The lowest BCUT2D eigenvalue weighted by atomic mass is 9.94. The Morgan fingerprint density at radius 2 is 2.05 bits per heavy atom. The summed E-state index contributed by atoms with van der Waals surface area (Å²) in [4.78, 5) is 17.2. The Hall–Kier alpha value is -1.46. The molecule has 112 valence electrons. The largest absolute Gasteiger partial charge is 0.342 e. The van der Waals surface area contributed by atoms with Gasteiger partial charge in [0.05, 0.1) is 16.2 Å². The molecule has 6 heteroatoms. The van der Waals surface area contributed by atoms with E-state index in [1.807, 2.05) is 20.8 Å². The highest BCUT2D eigenvalue weighted by atomic mass is 35.5. The lowest BCUT2D eigenvalue weighted by molar-refractivity contribution is 0.0915. The van der Waals surface area contributed by atoms with Crippen LogP contribution < -0.4 is 5.32 Å². The number of carbonyl (C=O) groups excluding carboxylic acids is 1. The summed E-state index contributed by atoms with van der Waals surface area (Å²) in [6.45, 7) is 7.31. The van der Waals surface area contributed by atoms with E-state index in [1.54, 1.807) is 13.0 Å². The van der Waals surface area contributed by atoms with Gasteiger partial charge in [0.2, 0.25) is 0 Å². The van der Waals surface area contributed by atoms with Gasteiger partial charge in [-0.05, 0) is 45.4 Å². The van der Waals surface area contributed by atoms with Crippen molar-refractivity contribution in [3.63, 3.8) is 0 Å². The van der Waals surface area contributed by atoms with Gasteiger partial charge < -0.3 is 5.32 Å². The van der Waals surface area contributed by atoms with Crippen LogP contribution in [0.5, 0.6) is 0 Å². The highest BCUT2D eigenvalue weighted by molar-refractivity contribution is 7.13. The number of aromatic nitrogens is 1.